The Balaban J connectivity index is 0.953. The first-order chi connectivity index (χ1) is 20.4. The summed E-state index contributed by atoms with van der Waals surface area (Å²) in [4.78, 5) is 0. The van der Waals surface area contributed by atoms with Crippen molar-refractivity contribution in [3.63, 3.8) is 0 Å². The molecule has 0 atom stereocenters. The molecule has 0 aromatic heterocycles. The molecular formula is C40H40BrF. The molecule has 6 saturated carbocycles. The first-order valence-electron chi connectivity index (χ1n) is 16.2. The zero-order valence-electron chi connectivity index (χ0n) is 24.5. The van der Waals surface area contributed by atoms with Crippen LogP contribution < -0.4 is 0 Å². The Morgan fingerprint density at radius 1 is 0.357 bits per heavy atom. The van der Waals surface area contributed by atoms with Crippen molar-refractivity contribution >= 4 is 15.9 Å². The third kappa shape index (κ3) is 4.27. The molecule has 42 heavy (non-hydrogen) atoms. The number of rotatable bonds is 5. The molecule has 2 heteroatoms. The van der Waals surface area contributed by atoms with E-state index >= 15 is 0 Å². The van der Waals surface area contributed by atoms with Gasteiger partial charge in [0.25, 0.3) is 0 Å². The van der Waals surface area contributed by atoms with Crippen LogP contribution in [0.1, 0.15) is 99.3 Å². The molecule has 214 valence electrons. The smallest absolute Gasteiger partial charge is 0.123 e. The minimum Gasteiger partial charge on any atom is -0.207 e. The standard InChI is InChI=1S/C40H40BrF/c41-35-13-9-33(10-14-35)39-23-17-37(18-24-39,19-25-39)31-5-1-29(2-6-31)30-3-7-32(8-4-30)38-20-26-40(27-21-38,28-22-38)34-11-15-36(42)16-12-34/h1-16H,17-28H2. The van der Waals surface area contributed by atoms with Gasteiger partial charge in [-0.05, 0) is 156 Å². The highest BCUT2D eigenvalue weighted by Gasteiger charge is 2.51. The van der Waals surface area contributed by atoms with Crippen LogP contribution in [0.15, 0.2) is 102 Å². The highest BCUT2D eigenvalue weighted by atomic mass is 79.9. The molecule has 0 amide bonds. The van der Waals surface area contributed by atoms with Crippen LogP contribution in [0.5, 0.6) is 0 Å². The van der Waals surface area contributed by atoms with E-state index < -0.39 is 0 Å². The molecule has 0 nitrogen and oxygen atoms in total. The van der Waals surface area contributed by atoms with E-state index in [1.54, 1.807) is 23.3 Å². The van der Waals surface area contributed by atoms with Crippen molar-refractivity contribution in [2.45, 2.75) is 98.7 Å². The van der Waals surface area contributed by atoms with Crippen LogP contribution >= 0.6 is 15.9 Å². The molecule has 0 saturated heterocycles. The predicted octanol–water partition coefficient (Wildman–Crippen LogP) is 11.3. The maximum Gasteiger partial charge on any atom is 0.123 e. The number of hydrogen-bond donors (Lipinski definition) is 0. The van der Waals surface area contributed by atoms with Crippen molar-refractivity contribution in [2.75, 3.05) is 0 Å². The summed E-state index contributed by atoms with van der Waals surface area (Å²) in [7, 11) is 0. The van der Waals surface area contributed by atoms with Crippen LogP contribution in [0.4, 0.5) is 4.39 Å². The Kier molecular flexibility index (Phi) is 6.34. The molecule has 0 heterocycles. The molecule has 0 radical (unpaired) electrons. The summed E-state index contributed by atoms with van der Waals surface area (Å²) >= 11 is 3.61. The second-order valence-electron chi connectivity index (χ2n) is 14.3. The van der Waals surface area contributed by atoms with Gasteiger partial charge in [-0.1, -0.05) is 88.7 Å². The van der Waals surface area contributed by atoms with Crippen LogP contribution in [0.25, 0.3) is 11.1 Å². The number of fused-ring (bicyclic) bond motifs is 6. The first kappa shape index (κ1) is 26.9. The summed E-state index contributed by atoms with van der Waals surface area (Å²) in [6.07, 6.45) is 15.2. The fourth-order valence-corrected chi connectivity index (χ4v) is 10.0. The van der Waals surface area contributed by atoms with E-state index in [1.165, 1.54) is 104 Å². The molecule has 6 fully saturated rings. The normalized spacial score (nSPS) is 31.8. The maximum atomic E-state index is 13.5. The van der Waals surface area contributed by atoms with Crippen molar-refractivity contribution in [3.8, 4) is 11.1 Å². The number of halogens is 2. The van der Waals surface area contributed by atoms with Gasteiger partial charge in [-0.15, -0.1) is 0 Å². The second-order valence-corrected chi connectivity index (χ2v) is 15.2. The van der Waals surface area contributed by atoms with Gasteiger partial charge in [0.1, 0.15) is 5.82 Å². The Bertz CT molecular complexity index is 1410. The molecule has 0 N–H and O–H groups in total. The highest BCUT2D eigenvalue weighted by molar-refractivity contribution is 9.10. The Morgan fingerprint density at radius 3 is 0.881 bits per heavy atom. The van der Waals surface area contributed by atoms with Crippen molar-refractivity contribution in [1.29, 1.82) is 0 Å². The summed E-state index contributed by atoms with van der Waals surface area (Å²) < 4.78 is 14.7. The molecule has 0 aliphatic heterocycles. The molecular weight excluding hydrogens is 579 g/mol. The molecule has 10 rings (SSSR count). The lowest BCUT2D eigenvalue weighted by Gasteiger charge is -2.54. The van der Waals surface area contributed by atoms with Crippen LogP contribution in [-0.4, -0.2) is 0 Å². The van der Waals surface area contributed by atoms with E-state index in [2.05, 4.69) is 88.7 Å². The molecule has 6 aliphatic carbocycles. The summed E-state index contributed by atoms with van der Waals surface area (Å²) in [5, 5.41) is 0. The molecule has 0 unspecified atom stereocenters. The van der Waals surface area contributed by atoms with Gasteiger partial charge in [0.2, 0.25) is 0 Å². The number of benzene rings is 4. The molecule has 6 aliphatic rings. The SMILES string of the molecule is Fc1ccc(C23CCC(c4ccc(-c5ccc(C67CCC(c8ccc(Br)cc8)(CC6)CC7)cc5)cc4)(CC2)CC3)cc1. The second kappa shape index (κ2) is 9.91. The lowest BCUT2D eigenvalue weighted by molar-refractivity contribution is 0.102. The zero-order chi connectivity index (χ0) is 28.4. The van der Waals surface area contributed by atoms with E-state index in [9.17, 15) is 4.39 Å². The van der Waals surface area contributed by atoms with Gasteiger partial charge in [-0.3, -0.25) is 0 Å². The Labute approximate surface area is 258 Å². The van der Waals surface area contributed by atoms with Gasteiger partial charge in [0, 0.05) is 4.47 Å². The predicted molar refractivity (Wildman–Crippen MR) is 175 cm³/mol. The first-order valence-corrected chi connectivity index (χ1v) is 16.9. The van der Waals surface area contributed by atoms with Crippen LogP contribution in [0, 0.1) is 5.82 Å². The van der Waals surface area contributed by atoms with Gasteiger partial charge in [0.15, 0.2) is 0 Å². The van der Waals surface area contributed by atoms with Crippen molar-refractivity contribution in [2.24, 2.45) is 0 Å². The molecule has 4 bridgehead atoms. The van der Waals surface area contributed by atoms with Gasteiger partial charge in [-0.25, -0.2) is 4.39 Å². The van der Waals surface area contributed by atoms with Gasteiger partial charge in [0.05, 0.1) is 0 Å². The number of hydrogen-bond acceptors (Lipinski definition) is 0. The zero-order valence-corrected chi connectivity index (χ0v) is 26.1. The summed E-state index contributed by atoms with van der Waals surface area (Å²) in [5.74, 6) is -0.128. The fourth-order valence-electron chi connectivity index (χ4n) is 9.74. The van der Waals surface area contributed by atoms with Gasteiger partial charge in [-0.2, -0.15) is 0 Å². The summed E-state index contributed by atoms with van der Waals surface area (Å²) in [6.45, 7) is 0. The summed E-state index contributed by atoms with van der Waals surface area (Å²) in [5.41, 5.74) is 9.96. The average Bonchev–Trinajstić information content (AvgIpc) is 3.07. The van der Waals surface area contributed by atoms with E-state index in [0.717, 1.165) is 0 Å². The van der Waals surface area contributed by atoms with E-state index in [1.807, 2.05) is 12.1 Å². The molecule has 4 aromatic rings. The maximum absolute atomic E-state index is 13.5. The van der Waals surface area contributed by atoms with Crippen molar-refractivity contribution in [3.05, 3.63) is 130 Å². The average molecular weight is 620 g/mol. The fraction of sp³-hybridized carbons (Fsp3) is 0.400. The monoisotopic (exact) mass is 618 g/mol. The minimum absolute atomic E-state index is 0.128. The summed E-state index contributed by atoms with van der Waals surface area (Å²) in [6, 6.07) is 35.7. The van der Waals surface area contributed by atoms with Crippen LogP contribution in [-0.2, 0) is 21.7 Å². The quantitative estimate of drug-likeness (QED) is 0.209. The van der Waals surface area contributed by atoms with E-state index in [4.69, 9.17) is 0 Å². The van der Waals surface area contributed by atoms with Gasteiger partial charge >= 0.3 is 0 Å². The van der Waals surface area contributed by atoms with Gasteiger partial charge < -0.3 is 0 Å². The largest absolute Gasteiger partial charge is 0.207 e. The van der Waals surface area contributed by atoms with Crippen molar-refractivity contribution < 1.29 is 4.39 Å². The third-order valence-electron chi connectivity index (χ3n) is 12.7. The van der Waals surface area contributed by atoms with E-state index in [-0.39, 0.29) is 11.2 Å². The topological polar surface area (TPSA) is 0 Å². The Hall–Kier alpha value is -2.71. The van der Waals surface area contributed by atoms with Crippen LogP contribution in [0.3, 0.4) is 0 Å². The molecule has 4 aromatic carbocycles. The lowest BCUT2D eigenvalue weighted by Crippen LogP contribution is -2.46. The highest BCUT2D eigenvalue weighted by Crippen LogP contribution is 2.60. The Morgan fingerprint density at radius 2 is 0.595 bits per heavy atom. The van der Waals surface area contributed by atoms with Crippen LogP contribution in [0.2, 0.25) is 0 Å². The van der Waals surface area contributed by atoms with Crippen molar-refractivity contribution in [1.82, 2.24) is 0 Å². The van der Waals surface area contributed by atoms with E-state index in [0.29, 0.717) is 16.2 Å². The third-order valence-corrected chi connectivity index (χ3v) is 13.3. The minimum atomic E-state index is -0.128. The molecule has 0 spiro atoms. The lowest BCUT2D eigenvalue weighted by atomic mass is 9.50.